The molecule has 100 valence electrons. The van der Waals surface area contributed by atoms with Gasteiger partial charge in [-0.2, -0.15) is 0 Å². The molecule has 0 amide bonds. The van der Waals surface area contributed by atoms with Gasteiger partial charge >= 0.3 is 5.97 Å². The molecule has 0 fully saturated rings. The van der Waals surface area contributed by atoms with Gasteiger partial charge in [-0.3, -0.25) is 9.69 Å². The van der Waals surface area contributed by atoms with Gasteiger partial charge in [-0.05, 0) is 23.6 Å². The van der Waals surface area contributed by atoms with Gasteiger partial charge in [-0.15, -0.1) is 0 Å². The largest absolute Gasteiger partial charge is 0.504 e. The lowest BCUT2D eigenvalue weighted by atomic mass is 10.1. The summed E-state index contributed by atoms with van der Waals surface area (Å²) >= 11 is 0. The minimum atomic E-state index is -0.876. The van der Waals surface area contributed by atoms with Crippen LogP contribution in [0.25, 0.3) is 0 Å². The van der Waals surface area contributed by atoms with E-state index in [0.717, 1.165) is 5.56 Å². The molecule has 1 aromatic carbocycles. The zero-order valence-corrected chi connectivity index (χ0v) is 10.6. The van der Waals surface area contributed by atoms with Gasteiger partial charge in [0.1, 0.15) is 0 Å². The van der Waals surface area contributed by atoms with E-state index in [9.17, 15) is 15.0 Å². The zero-order valence-electron chi connectivity index (χ0n) is 10.6. The average molecular weight is 253 g/mol. The Kier molecular flexibility index (Phi) is 4.97. The van der Waals surface area contributed by atoms with E-state index in [1.807, 2.05) is 13.8 Å². The van der Waals surface area contributed by atoms with Crippen LogP contribution < -0.4 is 0 Å². The van der Waals surface area contributed by atoms with Crippen LogP contribution >= 0.6 is 0 Å². The maximum atomic E-state index is 10.8. The normalized spacial score (nSPS) is 11.1. The molecule has 3 N–H and O–H groups in total. The topological polar surface area (TPSA) is 81.0 Å². The summed E-state index contributed by atoms with van der Waals surface area (Å²) in [5.41, 5.74) is 0.771. The highest BCUT2D eigenvalue weighted by Gasteiger charge is 2.12. The van der Waals surface area contributed by atoms with Crippen LogP contribution in [0.3, 0.4) is 0 Å². The van der Waals surface area contributed by atoms with Crippen molar-refractivity contribution in [2.75, 3.05) is 13.1 Å². The van der Waals surface area contributed by atoms with Gasteiger partial charge in [-0.25, -0.2) is 0 Å². The highest BCUT2D eigenvalue weighted by atomic mass is 16.4. The van der Waals surface area contributed by atoms with E-state index in [0.29, 0.717) is 19.0 Å². The van der Waals surface area contributed by atoms with E-state index < -0.39 is 5.97 Å². The fourth-order valence-electron chi connectivity index (χ4n) is 1.82. The SMILES string of the molecule is CC(C)CN(CC(=O)O)Cc1ccc(O)c(O)c1. The van der Waals surface area contributed by atoms with Crippen molar-refractivity contribution in [3.8, 4) is 11.5 Å². The molecular formula is C13H19NO4. The smallest absolute Gasteiger partial charge is 0.317 e. The van der Waals surface area contributed by atoms with Crippen LogP contribution in [0.1, 0.15) is 19.4 Å². The molecule has 0 heterocycles. The number of benzene rings is 1. The summed E-state index contributed by atoms with van der Waals surface area (Å²) < 4.78 is 0. The number of aliphatic carboxylic acids is 1. The lowest BCUT2D eigenvalue weighted by molar-refractivity contribution is -0.138. The van der Waals surface area contributed by atoms with Crippen LogP contribution in [0.15, 0.2) is 18.2 Å². The monoisotopic (exact) mass is 253 g/mol. The van der Waals surface area contributed by atoms with Crippen molar-refractivity contribution in [3.05, 3.63) is 23.8 Å². The number of hydrogen-bond donors (Lipinski definition) is 3. The molecule has 0 aromatic heterocycles. The number of carboxylic acid groups (broad SMARTS) is 1. The molecule has 5 heteroatoms. The molecule has 0 spiro atoms. The molecule has 5 nitrogen and oxygen atoms in total. The summed E-state index contributed by atoms with van der Waals surface area (Å²) in [5, 5.41) is 27.4. The summed E-state index contributed by atoms with van der Waals surface area (Å²) in [5.74, 6) is -0.881. The third-order valence-corrected chi connectivity index (χ3v) is 2.43. The number of phenolic OH excluding ortho intramolecular Hbond substituents is 2. The van der Waals surface area contributed by atoms with Crippen LogP contribution in [0.5, 0.6) is 11.5 Å². The first-order valence-electron chi connectivity index (χ1n) is 5.83. The van der Waals surface area contributed by atoms with Crippen LogP contribution in [0, 0.1) is 5.92 Å². The summed E-state index contributed by atoms with van der Waals surface area (Å²) in [7, 11) is 0. The van der Waals surface area contributed by atoms with Crippen molar-refractivity contribution < 1.29 is 20.1 Å². The molecule has 0 aliphatic heterocycles. The maximum Gasteiger partial charge on any atom is 0.317 e. The Morgan fingerprint density at radius 2 is 1.94 bits per heavy atom. The lowest BCUT2D eigenvalue weighted by Gasteiger charge is -2.22. The number of hydrogen-bond acceptors (Lipinski definition) is 4. The third-order valence-electron chi connectivity index (χ3n) is 2.43. The summed E-state index contributed by atoms with van der Waals surface area (Å²) in [4.78, 5) is 12.6. The van der Waals surface area contributed by atoms with E-state index >= 15 is 0 Å². The van der Waals surface area contributed by atoms with Crippen molar-refractivity contribution >= 4 is 5.97 Å². The van der Waals surface area contributed by atoms with Gasteiger partial charge in [0.15, 0.2) is 11.5 Å². The number of nitrogens with zero attached hydrogens (tertiary/aromatic N) is 1. The van der Waals surface area contributed by atoms with Gasteiger partial charge in [0.25, 0.3) is 0 Å². The van der Waals surface area contributed by atoms with Crippen molar-refractivity contribution in [3.63, 3.8) is 0 Å². The summed E-state index contributed by atoms with van der Waals surface area (Å²) in [6, 6.07) is 4.52. The molecule has 0 unspecified atom stereocenters. The molecule has 0 saturated carbocycles. The van der Waals surface area contributed by atoms with E-state index in [2.05, 4.69) is 0 Å². The minimum absolute atomic E-state index is 0.0418. The molecule has 0 atom stereocenters. The number of carbonyl (C=O) groups is 1. The average Bonchev–Trinajstić information content (AvgIpc) is 2.21. The fourth-order valence-corrected chi connectivity index (χ4v) is 1.82. The summed E-state index contributed by atoms with van der Waals surface area (Å²) in [6.45, 7) is 5.08. The Balaban J connectivity index is 2.74. The molecule has 1 aromatic rings. The number of aromatic hydroxyl groups is 2. The van der Waals surface area contributed by atoms with Crippen LogP contribution in [-0.2, 0) is 11.3 Å². The van der Waals surface area contributed by atoms with E-state index in [-0.39, 0.29) is 18.0 Å². The standard InChI is InChI=1S/C13H19NO4/c1-9(2)6-14(8-13(17)18)7-10-3-4-11(15)12(16)5-10/h3-5,9,15-16H,6-8H2,1-2H3,(H,17,18). The summed E-state index contributed by atoms with van der Waals surface area (Å²) in [6.07, 6.45) is 0. The molecule has 0 aliphatic rings. The second kappa shape index (κ2) is 6.26. The Morgan fingerprint density at radius 1 is 1.28 bits per heavy atom. The first-order valence-corrected chi connectivity index (χ1v) is 5.83. The molecule has 0 bridgehead atoms. The van der Waals surface area contributed by atoms with Gasteiger partial charge in [0.05, 0.1) is 6.54 Å². The Hall–Kier alpha value is -1.75. The van der Waals surface area contributed by atoms with Crippen LogP contribution in [-0.4, -0.2) is 39.3 Å². The predicted octanol–water partition coefficient (Wildman–Crippen LogP) is 1.64. The second-order valence-corrected chi connectivity index (χ2v) is 4.78. The van der Waals surface area contributed by atoms with Crippen LogP contribution in [0.2, 0.25) is 0 Å². The maximum absolute atomic E-state index is 10.8. The molecule has 0 aliphatic carbocycles. The molecule has 1 rings (SSSR count). The van der Waals surface area contributed by atoms with Crippen molar-refractivity contribution in [2.45, 2.75) is 20.4 Å². The van der Waals surface area contributed by atoms with Crippen molar-refractivity contribution in [2.24, 2.45) is 5.92 Å². The fraction of sp³-hybridized carbons (Fsp3) is 0.462. The van der Waals surface area contributed by atoms with Gasteiger partial charge in [0.2, 0.25) is 0 Å². The van der Waals surface area contributed by atoms with Crippen LogP contribution in [0.4, 0.5) is 0 Å². The van der Waals surface area contributed by atoms with Gasteiger partial charge in [0, 0.05) is 13.1 Å². The van der Waals surface area contributed by atoms with E-state index in [1.165, 1.54) is 12.1 Å². The Labute approximate surface area is 106 Å². The highest BCUT2D eigenvalue weighted by molar-refractivity contribution is 5.69. The lowest BCUT2D eigenvalue weighted by Crippen LogP contribution is -2.32. The quantitative estimate of drug-likeness (QED) is 0.671. The number of carboxylic acids is 1. The van der Waals surface area contributed by atoms with E-state index in [4.69, 9.17) is 5.11 Å². The molecular weight excluding hydrogens is 234 g/mol. The predicted molar refractivity (Wildman–Crippen MR) is 67.5 cm³/mol. The number of rotatable bonds is 6. The Bertz CT molecular complexity index is 417. The van der Waals surface area contributed by atoms with Crippen molar-refractivity contribution in [1.82, 2.24) is 4.90 Å². The molecule has 0 saturated heterocycles. The zero-order chi connectivity index (χ0) is 13.7. The van der Waals surface area contributed by atoms with Crippen molar-refractivity contribution in [1.29, 1.82) is 0 Å². The third kappa shape index (κ3) is 4.63. The molecule has 0 radical (unpaired) electrons. The highest BCUT2D eigenvalue weighted by Crippen LogP contribution is 2.25. The second-order valence-electron chi connectivity index (χ2n) is 4.78. The first kappa shape index (κ1) is 14.3. The van der Waals surface area contributed by atoms with E-state index in [1.54, 1.807) is 11.0 Å². The van der Waals surface area contributed by atoms with Gasteiger partial charge < -0.3 is 15.3 Å². The first-order chi connectivity index (χ1) is 8.38. The molecule has 18 heavy (non-hydrogen) atoms. The minimum Gasteiger partial charge on any atom is -0.504 e. The Morgan fingerprint density at radius 3 is 2.44 bits per heavy atom. The van der Waals surface area contributed by atoms with Gasteiger partial charge in [-0.1, -0.05) is 19.9 Å². The number of phenols is 2.